The summed E-state index contributed by atoms with van der Waals surface area (Å²) in [5.74, 6) is 0. The fourth-order valence-electron chi connectivity index (χ4n) is 2.58. The van der Waals surface area contributed by atoms with E-state index in [4.69, 9.17) is 4.74 Å². The van der Waals surface area contributed by atoms with Crippen LogP contribution in [0.25, 0.3) is 0 Å². The molecule has 0 aromatic rings. The van der Waals surface area contributed by atoms with E-state index in [9.17, 15) is 0 Å². The Balaban J connectivity index is 2.07. The topological polar surface area (TPSA) is 24.8 Å². The van der Waals surface area contributed by atoms with Gasteiger partial charge >= 0.3 is 0 Å². The molecule has 0 aliphatic carbocycles. The summed E-state index contributed by atoms with van der Waals surface area (Å²) in [6.45, 7) is 11.4. The second-order valence-electron chi connectivity index (χ2n) is 5.99. The molecule has 5 heteroatoms. The largest absolute Gasteiger partial charge is 0.366 e. The Morgan fingerprint density at radius 1 is 1.35 bits per heavy atom. The predicted molar refractivity (Wildman–Crippen MR) is 78.3 cm³/mol. The Bertz CT molecular complexity index is 314. The van der Waals surface area contributed by atoms with Crippen LogP contribution in [0.3, 0.4) is 0 Å². The molecular formula is C12H21BrN2OS. The van der Waals surface area contributed by atoms with Crippen LogP contribution in [-0.4, -0.2) is 51.5 Å². The number of nitrogens with zero attached hydrogens (tertiary/aromatic N) is 2. The molecule has 2 rings (SSSR count). The lowest BCUT2D eigenvalue weighted by Gasteiger charge is -2.47. The molecule has 0 saturated carbocycles. The molecule has 3 nitrogen and oxygen atoms in total. The van der Waals surface area contributed by atoms with E-state index in [0.717, 1.165) is 25.0 Å². The molecular weight excluding hydrogens is 300 g/mol. The highest BCUT2D eigenvalue weighted by Crippen LogP contribution is 2.32. The molecule has 1 saturated heterocycles. The van der Waals surface area contributed by atoms with Crippen LogP contribution < -0.4 is 0 Å². The summed E-state index contributed by atoms with van der Waals surface area (Å²) < 4.78 is 6.09. The monoisotopic (exact) mass is 320 g/mol. The minimum absolute atomic E-state index is 0.0999. The van der Waals surface area contributed by atoms with E-state index in [0.29, 0.717) is 5.25 Å². The average molecular weight is 321 g/mol. The van der Waals surface area contributed by atoms with Gasteiger partial charge in [0, 0.05) is 23.7 Å². The Kier molecular flexibility index (Phi) is 3.82. The summed E-state index contributed by atoms with van der Waals surface area (Å²) in [6.07, 6.45) is 0. The van der Waals surface area contributed by atoms with E-state index in [1.165, 1.54) is 5.17 Å². The van der Waals surface area contributed by atoms with Gasteiger partial charge in [0.05, 0.1) is 17.7 Å². The smallest absolute Gasteiger partial charge is 0.159 e. The summed E-state index contributed by atoms with van der Waals surface area (Å²) in [5, 5.41) is 2.81. The number of aliphatic imine (C=N–C) groups is 1. The van der Waals surface area contributed by atoms with Crippen molar-refractivity contribution in [2.24, 2.45) is 4.99 Å². The molecule has 0 amide bonds. The van der Waals surface area contributed by atoms with Gasteiger partial charge in [0.2, 0.25) is 0 Å². The van der Waals surface area contributed by atoms with Crippen molar-refractivity contribution in [1.82, 2.24) is 4.90 Å². The van der Waals surface area contributed by atoms with E-state index < -0.39 is 0 Å². The van der Waals surface area contributed by atoms with Crippen molar-refractivity contribution in [3.8, 4) is 0 Å². The Hall–Kier alpha value is 0.260. The lowest BCUT2D eigenvalue weighted by atomic mass is 9.99. The first-order valence-corrected chi connectivity index (χ1v) is 8.04. The number of rotatable bonds is 1. The van der Waals surface area contributed by atoms with Gasteiger partial charge in [-0.3, -0.25) is 4.99 Å². The maximum atomic E-state index is 6.09. The van der Waals surface area contributed by atoms with Gasteiger partial charge in [0.1, 0.15) is 0 Å². The number of thioether (sulfide) groups is 1. The lowest BCUT2D eigenvalue weighted by molar-refractivity contribution is -0.166. The van der Waals surface area contributed by atoms with Crippen molar-refractivity contribution in [3.05, 3.63) is 0 Å². The third kappa shape index (κ3) is 3.38. The van der Waals surface area contributed by atoms with Gasteiger partial charge in [-0.2, -0.15) is 0 Å². The maximum absolute atomic E-state index is 6.09. The number of amidine groups is 1. The lowest BCUT2D eigenvalue weighted by Crippen LogP contribution is -2.58. The normalized spacial score (nSPS) is 31.5. The van der Waals surface area contributed by atoms with E-state index in [-0.39, 0.29) is 11.2 Å². The molecule has 1 atom stereocenters. The molecule has 0 spiro atoms. The van der Waals surface area contributed by atoms with E-state index in [1.807, 2.05) is 11.8 Å². The maximum Gasteiger partial charge on any atom is 0.159 e. The van der Waals surface area contributed by atoms with Gasteiger partial charge in [-0.1, -0.05) is 27.7 Å². The molecule has 2 aliphatic rings. The summed E-state index contributed by atoms with van der Waals surface area (Å²) in [7, 11) is 0. The zero-order valence-corrected chi connectivity index (χ0v) is 13.4. The zero-order chi connectivity index (χ0) is 12.7. The standard InChI is InChI=1S/C12H21BrN2OS/c1-11(2)7-15(8-12(3,4)16-11)10-14-6-9(5-13)17-10/h9H,5-8H2,1-4H3. The van der Waals surface area contributed by atoms with Crippen molar-refractivity contribution in [1.29, 1.82) is 0 Å². The van der Waals surface area contributed by atoms with Gasteiger partial charge in [-0.05, 0) is 27.7 Å². The molecule has 0 aromatic carbocycles. The summed E-state index contributed by atoms with van der Waals surface area (Å²) in [4.78, 5) is 7.05. The fraction of sp³-hybridized carbons (Fsp3) is 0.917. The third-order valence-corrected chi connectivity index (χ3v) is 5.30. The van der Waals surface area contributed by atoms with Crippen LogP contribution in [0.2, 0.25) is 0 Å². The minimum Gasteiger partial charge on any atom is -0.366 e. The molecule has 0 aromatic heterocycles. The van der Waals surface area contributed by atoms with Crippen LogP contribution in [0.15, 0.2) is 4.99 Å². The predicted octanol–water partition coefficient (Wildman–Crippen LogP) is 2.74. The van der Waals surface area contributed by atoms with Crippen LogP contribution in [0.4, 0.5) is 0 Å². The van der Waals surface area contributed by atoms with Gasteiger partial charge in [0.25, 0.3) is 0 Å². The molecule has 2 aliphatic heterocycles. The number of halogens is 1. The molecule has 17 heavy (non-hydrogen) atoms. The Labute approximate surface area is 117 Å². The molecule has 98 valence electrons. The minimum atomic E-state index is -0.0999. The first-order chi connectivity index (χ1) is 7.81. The summed E-state index contributed by atoms with van der Waals surface area (Å²) >= 11 is 5.43. The highest BCUT2D eigenvalue weighted by Gasteiger charge is 2.40. The molecule has 0 bridgehead atoms. The average Bonchev–Trinajstić information content (AvgIpc) is 2.60. The van der Waals surface area contributed by atoms with Crippen molar-refractivity contribution < 1.29 is 4.74 Å². The zero-order valence-electron chi connectivity index (χ0n) is 11.0. The van der Waals surface area contributed by atoms with Crippen LogP contribution >= 0.6 is 27.7 Å². The summed E-state index contributed by atoms with van der Waals surface area (Å²) in [5.41, 5.74) is -0.200. The number of ether oxygens (including phenoxy) is 1. The molecule has 0 radical (unpaired) electrons. The van der Waals surface area contributed by atoms with Crippen LogP contribution in [0, 0.1) is 0 Å². The van der Waals surface area contributed by atoms with E-state index in [2.05, 4.69) is 53.5 Å². The van der Waals surface area contributed by atoms with Crippen molar-refractivity contribution in [2.45, 2.75) is 44.1 Å². The van der Waals surface area contributed by atoms with Crippen molar-refractivity contribution in [2.75, 3.05) is 25.0 Å². The molecule has 0 N–H and O–H groups in total. The number of hydrogen-bond donors (Lipinski definition) is 0. The van der Waals surface area contributed by atoms with Gasteiger partial charge in [0.15, 0.2) is 5.17 Å². The summed E-state index contributed by atoms with van der Waals surface area (Å²) in [6, 6.07) is 0. The number of morpholine rings is 1. The first-order valence-electron chi connectivity index (χ1n) is 6.03. The first kappa shape index (κ1) is 13.7. The SMILES string of the molecule is CC1(C)CN(C2=NCC(CBr)S2)CC(C)(C)O1. The highest BCUT2D eigenvalue weighted by atomic mass is 79.9. The van der Waals surface area contributed by atoms with Crippen LogP contribution in [0.1, 0.15) is 27.7 Å². The highest BCUT2D eigenvalue weighted by molar-refractivity contribution is 9.09. The fourth-order valence-corrected chi connectivity index (χ4v) is 4.12. The van der Waals surface area contributed by atoms with Gasteiger partial charge < -0.3 is 9.64 Å². The second-order valence-corrected chi connectivity index (χ2v) is 7.91. The Morgan fingerprint density at radius 3 is 2.41 bits per heavy atom. The number of alkyl halides is 1. The molecule has 2 heterocycles. The van der Waals surface area contributed by atoms with E-state index >= 15 is 0 Å². The van der Waals surface area contributed by atoms with Crippen LogP contribution in [-0.2, 0) is 4.74 Å². The number of hydrogen-bond acceptors (Lipinski definition) is 4. The molecule has 1 unspecified atom stereocenters. The molecule has 1 fully saturated rings. The van der Waals surface area contributed by atoms with Gasteiger partial charge in [-0.15, -0.1) is 0 Å². The van der Waals surface area contributed by atoms with Crippen molar-refractivity contribution >= 4 is 32.9 Å². The van der Waals surface area contributed by atoms with Gasteiger partial charge in [-0.25, -0.2) is 0 Å². The Morgan fingerprint density at radius 2 is 1.94 bits per heavy atom. The second kappa shape index (κ2) is 4.74. The van der Waals surface area contributed by atoms with Crippen molar-refractivity contribution in [3.63, 3.8) is 0 Å². The van der Waals surface area contributed by atoms with Crippen LogP contribution in [0.5, 0.6) is 0 Å². The third-order valence-electron chi connectivity index (χ3n) is 2.84. The van der Waals surface area contributed by atoms with E-state index in [1.54, 1.807) is 0 Å². The quantitative estimate of drug-likeness (QED) is 0.694.